The first-order valence-corrected chi connectivity index (χ1v) is 5.95. The average molecular weight is 242 g/mol. The van der Waals surface area contributed by atoms with Crippen LogP contribution in [0.4, 0.5) is 20.2 Å². The number of benzene rings is 1. The highest BCUT2D eigenvalue weighted by molar-refractivity contribution is 5.59. The molecule has 1 rings (SSSR count). The van der Waals surface area contributed by atoms with E-state index in [1.54, 1.807) is 12.1 Å². The minimum Gasteiger partial charge on any atom is -0.399 e. The Morgan fingerprint density at radius 3 is 2.59 bits per heavy atom. The minimum atomic E-state index is -2.48. The monoisotopic (exact) mass is 242 g/mol. The molecule has 0 bridgehead atoms. The Balaban J connectivity index is 2.81. The van der Waals surface area contributed by atoms with E-state index in [2.05, 4.69) is 6.92 Å². The first kappa shape index (κ1) is 13.7. The summed E-state index contributed by atoms with van der Waals surface area (Å²) >= 11 is 0. The van der Waals surface area contributed by atoms with E-state index >= 15 is 0 Å². The van der Waals surface area contributed by atoms with Gasteiger partial charge in [-0.1, -0.05) is 19.8 Å². The van der Waals surface area contributed by atoms with Crippen LogP contribution in [0.2, 0.25) is 0 Å². The molecule has 0 heterocycles. The SMILES string of the molecule is CCCCCN(C)c1ccc(N)cc1C(F)F. The second-order valence-corrected chi connectivity index (χ2v) is 4.25. The van der Waals surface area contributed by atoms with Crippen LogP contribution in [0.3, 0.4) is 0 Å². The van der Waals surface area contributed by atoms with Crippen molar-refractivity contribution in [1.82, 2.24) is 0 Å². The molecule has 17 heavy (non-hydrogen) atoms. The fourth-order valence-corrected chi connectivity index (χ4v) is 1.81. The average Bonchev–Trinajstić information content (AvgIpc) is 2.29. The lowest BCUT2D eigenvalue weighted by Crippen LogP contribution is -2.20. The normalized spacial score (nSPS) is 10.9. The molecule has 0 fully saturated rings. The number of hydrogen-bond donors (Lipinski definition) is 1. The van der Waals surface area contributed by atoms with Gasteiger partial charge >= 0.3 is 0 Å². The molecular weight excluding hydrogens is 222 g/mol. The summed E-state index contributed by atoms with van der Waals surface area (Å²) in [6.07, 6.45) is 0.767. The van der Waals surface area contributed by atoms with Crippen molar-refractivity contribution in [3.8, 4) is 0 Å². The third-order valence-electron chi connectivity index (χ3n) is 2.80. The Labute approximate surface area is 101 Å². The fraction of sp³-hybridized carbons (Fsp3) is 0.538. The van der Waals surface area contributed by atoms with E-state index in [0.29, 0.717) is 11.4 Å². The van der Waals surface area contributed by atoms with Gasteiger partial charge in [0, 0.05) is 30.5 Å². The van der Waals surface area contributed by atoms with Crippen LogP contribution in [0.1, 0.15) is 38.2 Å². The second-order valence-electron chi connectivity index (χ2n) is 4.25. The van der Waals surface area contributed by atoms with Crippen molar-refractivity contribution in [1.29, 1.82) is 0 Å². The number of anilines is 2. The van der Waals surface area contributed by atoms with Crippen molar-refractivity contribution in [3.63, 3.8) is 0 Å². The Bertz CT molecular complexity index is 353. The maximum Gasteiger partial charge on any atom is 0.265 e. The molecule has 0 aliphatic heterocycles. The third-order valence-corrected chi connectivity index (χ3v) is 2.80. The number of hydrogen-bond acceptors (Lipinski definition) is 2. The number of rotatable bonds is 6. The Hall–Kier alpha value is -1.32. The van der Waals surface area contributed by atoms with Gasteiger partial charge in [-0.25, -0.2) is 8.78 Å². The molecule has 0 atom stereocenters. The maximum absolute atomic E-state index is 12.9. The van der Waals surface area contributed by atoms with Crippen molar-refractivity contribution in [2.45, 2.75) is 32.6 Å². The third kappa shape index (κ3) is 3.88. The predicted octanol–water partition coefficient (Wildman–Crippen LogP) is 3.83. The minimum absolute atomic E-state index is 0.0176. The number of alkyl halides is 2. The van der Waals surface area contributed by atoms with E-state index in [1.807, 2.05) is 11.9 Å². The lowest BCUT2D eigenvalue weighted by Gasteiger charge is -2.22. The quantitative estimate of drug-likeness (QED) is 0.606. The van der Waals surface area contributed by atoms with Crippen molar-refractivity contribution < 1.29 is 8.78 Å². The van der Waals surface area contributed by atoms with Crippen LogP contribution in [0.15, 0.2) is 18.2 Å². The molecule has 0 aliphatic rings. The summed E-state index contributed by atoms with van der Waals surface area (Å²) in [6, 6.07) is 4.69. The van der Waals surface area contributed by atoms with E-state index in [-0.39, 0.29) is 5.56 Å². The molecule has 0 saturated carbocycles. The van der Waals surface area contributed by atoms with Gasteiger partial charge in [-0.3, -0.25) is 0 Å². The summed E-state index contributed by atoms with van der Waals surface area (Å²) in [4.78, 5) is 1.87. The molecule has 1 aromatic carbocycles. The first-order chi connectivity index (χ1) is 8.06. The zero-order valence-electron chi connectivity index (χ0n) is 10.4. The lowest BCUT2D eigenvalue weighted by atomic mass is 10.1. The van der Waals surface area contributed by atoms with Crippen LogP contribution in [0, 0.1) is 0 Å². The van der Waals surface area contributed by atoms with Gasteiger partial charge in [-0.2, -0.15) is 0 Å². The Kier molecular flexibility index (Phi) is 5.19. The van der Waals surface area contributed by atoms with Gasteiger partial charge < -0.3 is 10.6 Å². The van der Waals surface area contributed by atoms with Crippen LogP contribution >= 0.6 is 0 Å². The summed E-state index contributed by atoms with van der Waals surface area (Å²) < 4.78 is 25.7. The van der Waals surface area contributed by atoms with E-state index in [1.165, 1.54) is 6.07 Å². The number of nitrogens with two attached hydrogens (primary N) is 1. The summed E-state index contributed by atoms with van der Waals surface area (Å²) in [5.74, 6) is 0. The van der Waals surface area contributed by atoms with Gasteiger partial charge in [0.15, 0.2) is 0 Å². The van der Waals surface area contributed by atoms with Crippen molar-refractivity contribution in [3.05, 3.63) is 23.8 Å². The van der Waals surface area contributed by atoms with E-state index in [4.69, 9.17) is 5.73 Å². The molecule has 0 saturated heterocycles. The molecule has 0 amide bonds. The van der Waals surface area contributed by atoms with Crippen LogP contribution in [-0.2, 0) is 0 Å². The van der Waals surface area contributed by atoms with Crippen molar-refractivity contribution in [2.75, 3.05) is 24.2 Å². The van der Waals surface area contributed by atoms with E-state index < -0.39 is 6.43 Å². The summed E-state index contributed by atoms with van der Waals surface area (Å²) in [5.41, 5.74) is 6.51. The summed E-state index contributed by atoms with van der Waals surface area (Å²) in [7, 11) is 1.84. The molecule has 2 N–H and O–H groups in total. The van der Waals surface area contributed by atoms with Crippen LogP contribution in [0.25, 0.3) is 0 Å². The van der Waals surface area contributed by atoms with Crippen molar-refractivity contribution in [2.24, 2.45) is 0 Å². The molecule has 0 aromatic heterocycles. The predicted molar refractivity (Wildman–Crippen MR) is 68.6 cm³/mol. The maximum atomic E-state index is 12.9. The Morgan fingerprint density at radius 1 is 1.29 bits per heavy atom. The smallest absolute Gasteiger partial charge is 0.265 e. The van der Waals surface area contributed by atoms with Gasteiger partial charge in [0.05, 0.1) is 0 Å². The number of nitrogens with zero attached hydrogens (tertiary/aromatic N) is 1. The molecule has 1 aromatic rings. The van der Waals surface area contributed by atoms with E-state index in [0.717, 1.165) is 25.8 Å². The number of nitrogen functional groups attached to an aromatic ring is 1. The second kappa shape index (κ2) is 6.42. The summed E-state index contributed by atoms with van der Waals surface area (Å²) in [5, 5.41) is 0. The highest BCUT2D eigenvalue weighted by Crippen LogP contribution is 2.31. The largest absolute Gasteiger partial charge is 0.399 e. The first-order valence-electron chi connectivity index (χ1n) is 5.95. The lowest BCUT2D eigenvalue weighted by molar-refractivity contribution is 0.152. The van der Waals surface area contributed by atoms with Crippen molar-refractivity contribution >= 4 is 11.4 Å². The molecule has 0 radical (unpaired) electrons. The van der Waals surface area contributed by atoms with Crippen LogP contribution in [-0.4, -0.2) is 13.6 Å². The topological polar surface area (TPSA) is 29.3 Å². The van der Waals surface area contributed by atoms with Gasteiger partial charge in [0.2, 0.25) is 0 Å². The molecular formula is C13H20F2N2. The Morgan fingerprint density at radius 2 is 2.00 bits per heavy atom. The van der Waals surface area contributed by atoms with Gasteiger partial charge in [0.1, 0.15) is 0 Å². The zero-order valence-corrected chi connectivity index (χ0v) is 10.4. The molecule has 96 valence electrons. The van der Waals surface area contributed by atoms with Crippen LogP contribution < -0.4 is 10.6 Å². The van der Waals surface area contributed by atoms with Gasteiger partial charge in [-0.05, 0) is 24.6 Å². The summed E-state index contributed by atoms with van der Waals surface area (Å²) in [6.45, 7) is 2.91. The highest BCUT2D eigenvalue weighted by Gasteiger charge is 2.15. The standard InChI is InChI=1S/C13H20F2N2/c1-3-4-5-8-17(2)12-7-6-10(16)9-11(12)13(14)15/h6-7,9,13H,3-5,8,16H2,1-2H3. The molecule has 4 heteroatoms. The number of unbranched alkanes of at least 4 members (excludes halogenated alkanes) is 2. The number of halogens is 2. The molecule has 0 unspecified atom stereocenters. The fourth-order valence-electron chi connectivity index (χ4n) is 1.81. The molecule has 0 aliphatic carbocycles. The van der Waals surface area contributed by atoms with E-state index in [9.17, 15) is 8.78 Å². The molecule has 2 nitrogen and oxygen atoms in total. The zero-order chi connectivity index (χ0) is 12.8. The van der Waals surface area contributed by atoms with Gasteiger partial charge in [-0.15, -0.1) is 0 Å². The highest BCUT2D eigenvalue weighted by atomic mass is 19.3. The van der Waals surface area contributed by atoms with Crippen LogP contribution in [0.5, 0.6) is 0 Å². The van der Waals surface area contributed by atoms with Gasteiger partial charge in [0.25, 0.3) is 6.43 Å². The molecule has 0 spiro atoms.